The molecule has 0 aromatic carbocycles. The van der Waals surface area contributed by atoms with Gasteiger partial charge in [-0.25, -0.2) is 0 Å². The maximum atomic E-state index is 3.63. The summed E-state index contributed by atoms with van der Waals surface area (Å²) in [6, 6.07) is 2.38. The monoisotopic (exact) mass is 280 g/mol. The van der Waals surface area contributed by atoms with Gasteiger partial charge in [0.25, 0.3) is 0 Å². The number of piperidine rings is 1. The fourth-order valence-corrected chi connectivity index (χ4v) is 4.59. The molecule has 118 valence electrons. The number of rotatable bonds is 5. The Kier molecular flexibility index (Phi) is 6.35. The molecular weight excluding hydrogens is 244 g/mol. The summed E-state index contributed by atoms with van der Waals surface area (Å²) < 4.78 is 0. The Morgan fingerprint density at radius 2 is 1.95 bits per heavy atom. The second-order valence-electron chi connectivity index (χ2n) is 7.46. The zero-order valence-corrected chi connectivity index (χ0v) is 14.2. The first-order chi connectivity index (χ1) is 9.67. The molecular formula is C18H36N2. The van der Waals surface area contributed by atoms with Gasteiger partial charge in [-0.05, 0) is 64.0 Å². The highest BCUT2D eigenvalue weighted by molar-refractivity contribution is 4.94. The topological polar surface area (TPSA) is 15.3 Å². The Bertz CT molecular complexity index is 275. The molecule has 1 aliphatic heterocycles. The van der Waals surface area contributed by atoms with Crippen LogP contribution in [0, 0.1) is 11.8 Å². The van der Waals surface area contributed by atoms with E-state index in [-0.39, 0.29) is 0 Å². The number of hydrogen-bond donors (Lipinski definition) is 1. The third kappa shape index (κ3) is 3.76. The van der Waals surface area contributed by atoms with Crippen LogP contribution in [-0.2, 0) is 0 Å². The minimum absolute atomic E-state index is 0.724. The highest BCUT2D eigenvalue weighted by atomic mass is 15.2. The van der Waals surface area contributed by atoms with Crippen LogP contribution < -0.4 is 5.32 Å². The van der Waals surface area contributed by atoms with Gasteiger partial charge in [0.2, 0.25) is 0 Å². The highest BCUT2D eigenvalue weighted by Crippen LogP contribution is 2.36. The van der Waals surface area contributed by atoms with Crippen molar-refractivity contribution in [3.63, 3.8) is 0 Å². The van der Waals surface area contributed by atoms with E-state index >= 15 is 0 Å². The lowest BCUT2D eigenvalue weighted by atomic mass is 9.75. The average molecular weight is 280 g/mol. The lowest BCUT2D eigenvalue weighted by molar-refractivity contribution is 0.0279. The molecule has 4 atom stereocenters. The standard InChI is InChI=1S/C18H36N2/c1-5-8-16-9-6-7-12-20(16)18-13-15(14(2)3)10-11-17(18)19-4/h14-19H,5-13H2,1-4H3. The first-order valence-electron chi connectivity index (χ1n) is 9.10. The van der Waals surface area contributed by atoms with Gasteiger partial charge < -0.3 is 5.32 Å². The molecule has 2 rings (SSSR count). The molecule has 2 aliphatic rings. The molecule has 0 radical (unpaired) electrons. The summed E-state index contributed by atoms with van der Waals surface area (Å²) in [5.41, 5.74) is 0. The molecule has 1 N–H and O–H groups in total. The minimum atomic E-state index is 0.724. The SMILES string of the molecule is CCCC1CCCCN1C1CC(C(C)C)CCC1NC. The van der Waals surface area contributed by atoms with Crippen LogP contribution >= 0.6 is 0 Å². The number of likely N-dealkylation sites (tertiary alicyclic amines) is 1. The Hall–Kier alpha value is -0.0800. The van der Waals surface area contributed by atoms with Crippen LogP contribution in [0.5, 0.6) is 0 Å². The fourth-order valence-electron chi connectivity index (χ4n) is 4.59. The molecule has 2 fully saturated rings. The lowest BCUT2D eigenvalue weighted by Gasteiger charge is -2.48. The molecule has 0 amide bonds. The van der Waals surface area contributed by atoms with Crippen molar-refractivity contribution in [1.29, 1.82) is 0 Å². The predicted octanol–water partition coefficient (Wildman–Crippen LogP) is 4.05. The number of likely N-dealkylation sites (N-methyl/N-ethyl adjacent to an activating group) is 1. The molecule has 1 aliphatic carbocycles. The van der Waals surface area contributed by atoms with Crippen LogP contribution in [0.25, 0.3) is 0 Å². The van der Waals surface area contributed by atoms with E-state index in [1.165, 1.54) is 57.9 Å². The van der Waals surface area contributed by atoms with Crippen LogP contribution in [-0.4, -0.2) is 36.6 Å². The van der Waals surface area contributed by atoms with Gasteiger partial charge in [-0.1, -0.05) is 33.6 Å². The smallest absolute Gasteiger partial charge is 0.0254 e. The summed E-state index contributed by atoms with van der Waals surface area (Å²) in [5, 5.41) is 3.63. The van der Waals surface area contributed by atoms with Gasteiger partial charge in [0.05, 0.1) is 0 Å². The Morgan fingerprint density at radius 3 is 2.60 bits per heavy atom. The maximum absolute atomic E-state index is 3.63. The molecule has 1 saturated carbocycles. The third-order valence-electron chi connectivity index (χ3n) is 5.89. The number of nitrogens with one attached hydrogen (secondary N) is 1. The van der Waals surface area contributed by atoms with Crippen molar-refractivity contribution in [2.24, 2.45) is 11.8 Å². The first-order valence-corrected chi connectivity index (χ1v) is 9.10. The summed E-state index contributed by atoms with van der Waals surface area (Å²) in [5.74, 6) is 1.79. The summed E-state index contributed by atoms with van der Waals surface area (Å²) in [7, 11) is 2.17. The average Bonchev–Trinajstić information content (AvgIpc) is 2.47. The molecule has 1 heterocycles. The molecule has 2 nitrogen and oxygen atoms in total. The predicted molar refractivity (Wildman–Crippen MR) is 88.1 cm³/mol. The molecule has 20 heavy (non-hydrogen) atoms. The van der Waals surface area contributed by atoms with E-state index < -0.39 is 0 Å². The third-order valence-corrected chi connectivity index (χ3v) is 5.89. The molecule has 0 aromatic rings. The van der Waals surface area contributed by atoms with Gasteiger partial charge in [0.15, 0.2) is 0 Å². The van der Waals surface area contributed by atoms with Crippen LogP contribution in [0.2, 0.25) is 0 Å². The van der Waals surface area contributed by atoms with Gasteiger partial charge in [0, 0.05) is 18.1 Å². The van der Waals surface area contributed by atoms with E-state index in [1.54, 1.807) is 0 Å². The van der Waals surface area contributed by atoms with Gasteiger partial charge in [-0.15, -0.1) is 0 Å². The van der Waals surface area contributed by atoms with Gasteiger partial charge in [0.1, 0.15) is 0 Å². The molecule has 0 bridgehead atoms. The van der Waals surface area contributed by atoms with Crippen molar-refractivity contribution in [3.8, 4) is 0 Å². The second kappa shape index (κ2) is 7.79. The van der Waals surface area contributed by atoms with Crippen molar-refractivity contribution in [2.75, 3.05) is 13.6 Å². The number of hydrogen-bond acceptors (Lipinski definition) is 2. The summed E-state index contributed by atoms with van der Waals surface area (Å²) in [6.45, 7) is 8.53. The molecule has 2 heteroatoms. The Labute approximate surface area is 126 Å². The second-order valence-corrected chi connectivity index (χ2v) is 7.46. The van der Waals surface area contributed by atoms with Crippen molar-refractivity contribution >= 4 is 0 Å². The minimum Gasteiger partial charge on any atom is -0.315 e. The largest absolute Gasteiger partial charge is 0.315 e. The van der Waals surface area contributed by atoms with Gasteiger partial charge >= 0.3 is 0 Å². The van der Waals surface area contributed by atoms with Gasteiger partial charge in [-0.3, -0.25) is 4.90 Å². The van der Waals surface area contributed by atoms with E-state index in [2.05, 4.69) is 38.0 Å². The van der Waals surface area contributed by atoms with E-state index in [9.17, 15) is 0 Å². The molecule has 1 saturated heterocycles. The van der Waals surface area contributed by atoms with E-state index in [4.69, 9.17) is 0 Å². The van der Waals surface area contributed by atoms with E-state index in [0.29, 0.717) is 0 Å². The Morgan fingerprint density at radius 1 is 1.15 bits per heavy atom. The summed E-state index contributed by atoms with van der Waals surface area (Å²) in [4.78, 5) is 2.91. The normalized spacial score (nSPS) is 36.5. The van der Waals surface area contributed by atoms with E-state index in [0.717, 1.165) is 30.0 Å². The van der Waals surface area contributed by atoms with E-state index in [1.807, 2.05) is 0 Å². The van der Waals surface area contributed by atoms with Crippen LogP contribution in [0.3, 0.4) is 0 Å². The lowest BCUT2D eigenvalue weighted by Crippen LogP contribution is -2.57. The van der Waals surface area contributed by atoms with Crippen LogP contribution in [0.4, 0.5) is 0 Å². The molecule has 0 aromatic heterocycles. The summed E-state index contributed by atoms with van der Waals surface area (Å²) in [6.07, 6.45) is 11.3. The van der Waals surface area contributed by atoms with Crippen molar-refractivity contribution < 1.29 is 0 Å². The molecule has 4 unspecified atom stereocenters. The molecule has 0 spiro atoms. The van der Waals surface area contributed by atoms with Crippen LogP contribution in [0.15, 0.2) is 0 Å². The first kappa shape index (κ1) is 16.3. The quantitative estimate of drug-likeness (QED) is 0.817. The fraction of sp³-hybridized carbons (Fsp3) is 1.00. The summed E-state index contributed by atoms with van der Waals surface area (Å²) >= 11 is 0. The zero-order chi connectivity index (χ0) is 14.5. The Balaban J connectivity index is 2.07. The van der Waals surface area contributed by atoms with Crippen LogP contribution in [0.1, 0.15) is 72.1 Å². The van der Waals surface area contributed by atoms with Crippen molar-refractivity contribution in [1.82, 2.24) is 10.2 Å². The maximum Gasteiger partial charge on any atom is 0.0254 e. The zero-order valence-electron chi connectivity index (χ0n) is 14.2. The van der Waals surface area contributed by atoms with Gasteiger partial charge in [-0.2, -0.15) is 0 Å². The van der Waals surface area contributed by atoms with Crippen molar-refractivity contribution in [2.45, 2.75) is 90.3 Å². The number of nitrogens with zero attached hydrogens (tertiary/aromatic N) is 1. The highest BCUT2D eigenvalue weighted by Gasteiger charge is 2.37. The van der Waals surface area contributed by atoms with Crippen molar-refractivity contribution in [3.05, 3.63) is 0 Å².